The third-order valence-electron chi connectivity index (χ3n) is 4.05. The van der Waals surface area contributed by atoms with E-state index in [-0.39, 0.29) is 5.82 Å². The first kappa shape index (κ1) is 11.0. The molecule has 0 saturated carbocycles. The van der Waals surface area contributed by atoms with Crippen LogP contribution in [0.2, 0.25) is 0 Å². The first-order chi connectivity index (χ1) is 8.25. The van der Waals surface area contributed by atoms with E-state index in [0.29, 0.717) is 17.8 Å². The Bertz CT molecular complexity index is 409. The fourth-order valence-corrected chi connectivity index (χ4v) is 3.22. The second kappa shape index (κ2) is 4.26. The Morgan fingerprint density at radius 2 is 2.24 bits per heavy atom. The Morgan fingerprint density at radius 3 is 3.06 bits per heavy atom. The van der Waals surface area contributed by atoms with Gasteiger partial charge in [0.1, 0.15) is 0 Å². The van der Waals surface area contributed by atoms with E-state index in [1.165, 1.54) is 6.07 Å². The second-order valence-electron chi connectivity index (χ2n) is 5.17. The van der Waals surface area contributed by atoms with Gasteiger partial charge in [0.2, 0.25) is 0 Å². The van der Waals surface area contributed by atoms with Crippen molar-refractivity contribution >= 4 is 5.82 Å². The monoisotopic (exact) mass is 235 g/mol. The van der Waals surface area contributed by atoms with Crippen molar-refractivity contribution in [3.63, 3.8) is 0 Å². The Morgan fingerprint density at radius 1 is 1.35 bits per heavy atom. The van der Waals surface area contributed by atoms with Gasteiger partial charge in [0.05, 0.1) is 0 Å². The third kappa shape index (κ3) is 1.90. The van der Waals surface area contributed by atoms with Gasteiger partial charge in [0.15, 0.2) is 11.6 Å². The lowest BCUT2D eigenvalue weighted by atomic mass is 9.93. The van der Waals surface area contributed by atoms with E-state index in [1.54, 1.807) is 12.3 Å². The van der Waals surface area contributed by atoms with Crippen molar-refractivity contribution < 1.29 is 4.39 Å². The molecule has 0 bridgehead atoms. The number of piperidine rings is 1. The van der Waals surface area contributed by atoms with Crippen molar-refractivity contribution in [1.82, 2.24) is 9.88 Å². The number of hydrogen-bond acceptors (Lipinski definition) is 3. The predicted octanol–water partition coefficient (Wildman–Crippen LogP) is 1.75. The minimum atomic E-state index is -0.188. The highest BCUT2D eigenvalue weighted by molar-refractivity contribution is 5.43. The zero-order valence-corrected chi connectivity index (χ0v) is 10.1. The topological polar surface area (TPSA) is 19.4 Å². The molecule has 1 aromatic rings. The quantitative estimate of drug-likeness (QED) is 0.739. The third-order valence-corrected chi connectivity index (χ3v) is 4.05. The highest BCUT2D eigenvalue weighted by atomic mass is 19.1. The van der Waals surface area contributed by atoms with Gasteiger partial charge in [-0.15, -0.1) is 0 Å². The summed E-state index contributed by atoms with van der Waals surface area (Å²) in [6, 6.07) is 3.64. The Balaban J connectivity index is 1.84. The molecule has 4 heteroatoms. The van der Waals surface area contributed by atoms with Crippen LogP contribution in [0.15, 0.2) is 18.3 Å². The Kier molecular flexibility index (Phi) is 2.74. The lowest BCUT2D eigenvalue weighted by Crippen LogP contribution is -2.44. The van der Waals surface area contributed by atoms with Crippen LogP contribution in [0.1, 0.15) is 12.8 Å². The SMILES string of the molecule is CN1CCC2[C@H](CCN2c2ncccc2F)C1. The van der Waals surface area contributed by atoms with Gasteiger partial charge in [-0.05, 0) is 44.5 Å². The van der Waals surface area contributed by atoms with Gasteiger partial charge in [-0.2, -0.15) is 0 Å². The first-order valence-electron chi connectivity index (χ1n) is 6.31. The minimum Gasteiger partial charge on any atom is -0.351 e. The number of likely N-dealkylation sites (tertiary alicyclic amines) is 1. The van der Waals surface area contributed by atoms with Crippen LogP contribution in [0.25, 0.3) is 0 Å². The van der Waals surface area contributed by atoms with Gasteiger partial charge < -0.3 is 9.80 Å². The number of fused-ring (bicyclic) bond motifs is 1. The van der Waals surface area contributed by atoms with Gasteiger partial charge in [0, 0.05) is 25.3 Å². The molecule has 92 valence electrons. The number of hydrogen-bond donors (Lipinski definition) is 0. The van der Waals surface area contributed by atoms with Crippen LogP contribution >= 0.6 is 0 Å². The molecule has 2 aliphatic rings. The molecule has 3 nitrogen and oxygen atoms in total. The van der Waals surface area contributed by atoms with Gasteiger partial charge >= 0.3 is 0 Å². The van der Waals surface area contributed by atoms with E-state index < -0.39 is 0 Å². The molecule has 3 heterocycles. The summed E-state index contributed by atoms with van der Waals surface area (Å²) in [6.45, 7) is 3.18. The van der Waals surface area contributed by atoms with Gasteiger partial charge in [0.25, 0.3) is 0 Å². The number of nitrogens with zero attached hydrogens (tertiary/aromatic N) is 3. The van der Waals surface area contributed by atoms with Crippen LogP contribution in [0.4, 0.5) is 10.2 Å². The maximum absolute atomic E-state index is 13.8. The molecule has 1 unspecified atom stereocenters. The molecule has 2 aliphatic heterocycles. The fourth-order valence-electron chi connectivity index (χ4n) is 3.22. The maximum atomic E-state index is 13.8. The number of halogens is 1. The zero-order valence-electron chi connectivity index (χ0n) is 10.1. The molecule has 0 radical (unpaired) electrons. The standard InChI is InChI=1S/C13H18FN3/c1-16-7-5-12-10(9-16)4-8-17(12)13-11(14)3-2-6-15-13/h2-3,6,10,12H,4-5,7-9H2,1H3/t10-,12?/m1/s1. The van der Waals surface area contributed by atoms with Crippen LogP contribution in [-0.2, 0) is 0 Å². The number of pyridine rings is 1. The summed E-state index contributed by atoms with van der Waals surface area (Å²) in [5.41, 5.74) is 0. The van der Waals surface area contributed by atoms with Crippen LogP contribution in [0, 0.1) is 11.7 Å². The van der Waals surface area contributed by atoms with Crippen molar-refractivity contribution in [1.29, 1.82) is 0 Å². The summed E-state index contributed by atoms with van der Waals surface area (Å²) in [5.74, 6) is 1.03. The van der Waals surface area contributed by atoms with Crippen molar-refractivity contribution in [2.45, 2.75) is 18.9 Å². The van der Waals surface area contributed by atoms with E-state index in [0.717, 1.165) is 32.5 Å². The minimum absolute atomic E-state index is 0.188. The van der Waals surface area contributed by atoms with Crippen LogP contribution in [0.5, 0.6) is 0 Å². The van der Waals surface area contributed by atoms with Crippen molar-refractivity contribution in [3.05, 3.63) is 24.1 Å². The van der Waals surface area contributed by atoms with Gasteiger partial charge in [-0.1, -0.05) is 0 Å². The van der Waals surface area contributed by atoms with Gasteiger partial charge in [-0.3, -0.25) is 0 Å². The van der Waals surface area contributed by atoms with Crippen LogP contribution in [0.3, 0.4) is 0 Å². The highest BCUT2D eigenvalue weighted by Crippen LogP contribution is 2.34. The molecule has 2 fully saturated rings. The number of aromatic nitrogens is 1. The normalized spacial score (nSPS) is 29.4. The molecule has 2 saturated heterocycles. The van der Waals surface area contributed by atoms with E-state index >= 15 is 0 Å². The van der Waals surface area contributed by atoms with Crippen LogP contribution < -0.4 is 4.90 Å². The fraction of sp³-hybridized carbons (Fsp3) is 0.615. The predicted molar refractivity (Wildman–Crippen MR) is 65.6 cm³/mol. The molecule has 0 amide bonds. The van der Waals surface area contributed by atoms with Gasteiger partial charge in [-0.25, -0.2) is 9.37 Å². The van der Waals surface area contributed by atoms with Crippen molar-refractivity contribution in [2.24, 2.45) is 5.92 Å². The van der Waals surface area contributed by atoms with E-state index in [2.05, 4.69) is 21.8 Å². The molecule has 0 N–H and O–H groups in total. The number of rotatable bonds is 1. The molecule has 0 aromatic carbocycles. The summed E-state index contributed by atoms with van der Waals surface area (Å²) < 4.78 is 13.8. The first-order valence-corrected chi connectivity index (χ1v) is 6.31. The lowest BCUT2D eigenvalue weighted by molar-refractivity contribution is 0.202. The second-order valence-corrected chi connectivity index (χ2v) is 5.17. The summed E-state index contributed by atoms with van der Waals surface area (Å²) >= 11 is 0. The van der Waals surface area contributed by atoms with E-state index in [4.69, 9.17) is 0 Å². The summed E-state index contributed by atoms with van der Waals surface area (Å²) in [7, 11) is 2.17. The lowest BCUT2D eigenvalue weighted by Gasteiger charge is -2.36. The largest absolute Gasteiger partial charge is 0.351 e. The van der Waals surface area contributed by atoms with E-state index in [9.17, 15) is 4.39 Å². The maximum Gasteiger partial charge on any atom is 0.165 e. The van der Waals surface area contributed by atoms with Crippen LogP contribution in [-0.4, -0.2) is 42.6 Å². The highest BCUT2D eigenvalue weighted by Gasteiger charge is 2.38. The van der Waals surface area contributed by atoms with Crippen molar-refractivity contribution in [3.8, 4) is 0 Å². The Labute approximate surface area is 101 Å². The molecule has 17 heavy (non-hydrogen) atoms. The molecule has 1 aromatic heterocycles. The smallest absolute Gasteiger partial charge is 0.165 e. The molecular weight excluding hydrogens is 217 g/mol. The molecular formula is C13H18FN3. The molecule has 2 atom stereocenters. The molecule has 0 aliphatic carbocycles. The summed E-state index contributed by atoms with van der Waals surface area (Å²) in [6.07, 6.45) is 3.96. The van der Waals surface area contributed by atoms with E-state index in [1.807, 2.05) is 0 Å². The number of anilines is 1. The average molecular weight is 235 g/mol. The molecule has 3 rings (SSSR count). The summed E-state index contributed by atoms with van der Waals surface area (Å²) in [5, 5.41) is 0. The average Bonchev–Trinajstić information content (AvgIpc) is 2.72. The zero-order chi connectivity index (χ0) is 11.8. The van der Waals surface area contributed by atoms with Crippen molar-refractivity contribution in [2.75, 3.05) is 31.6 Å². The summed E-state index contributed by atoms with van der Waals surface area (Å²) in [4.78, 5) is 8.76. The Hall–Kier alpha value is -1.16. The molecule has 0 spiro atoms.